The number of halogens is 1. The number of hydrogen-bond acceptors (Lipinski definition) is 4. The summed E-state index contributed by atoms with van der Waals surface area (Å²) in [6.07, 6.45) is 0. The van der Waals surface area contributed by atoms with Crippen molar-refractivity contribution < 1.29 is 16.8 Å². The fourth-order valence-electron chi connectivity index (χ4n) is 1.14. The Morgan fingerprint density at radius 2 is 1.82 bits per heavy atom. The smallest absolute Gasteiger partial charge is 0.261 e. The van der Waals surface area contributed by atoms with E-state index in [4.69, 9.17) is 10.7 Å². The SMILES string of the molecule is CCS(=O)(=O)Nc1ccc(S(=O)(=O)Cl)cc1C. The van der Waals surface area contributed by atoms with Gasteiger partial charge >= 0.3 is 0 Å². The van der Waals surface area contributed by atoms with E-state index >= 15 is 0 Å². The van der Waals surface area contributed by atoms with Crippen LogP contribution >= 0.6 is 10.7 Å². The predicted octanol–water partition coefficient (Wildman–Crippen LogP) is 1.68. The van der Waals surface area contributed by atoms with Gasteiger partial charge in [0.25, 0.3) is 9.05 Å². The average Bonchev–Trinajstić information content (AvgIpc) is 2.19. The van der Waals surface area contributed by atoms with Crippen molar-refractivity contribution in [1.29, 1.82) is 0 Å². The molecular weight excluding hydrogens is 286 g/mol. The molecule has 0 saturated carbocycles. The van der Waals surface area contributed by atoms with Crippen LogP contribution in [0.2, 0.25) is 0 Å². The second-order valence-electron chi connectivity index (χ2n) is 3.42. The minimum Gasteiger partial charge on any atom is -0.283 e. The molecule has 0 saturated heterocycles. The molecule has 0 amide bonds. The summed E-state index contributed by atoms with van der Waals surface area (Å²) in [5, 5.41) is 0. The first-order valence-corrected chi connectivity index (χ1v) is 8.67. The van der Waals surface area contributed by atoms with Crippen LogP contribution in [-0.2, 0) is 19.1 Å². The molecule has 0 atom stereocenters. The summed E-state index contributed by atoms with van der Waals surface area (Å²) in [6, 6.07) is 3.94. The van der Waals surface area contributed by atoms with Crippen LogP contribution in [0.3, 0.4) is 0 Å². The molecule has 0 aliphatic rings. The van der Waals surface area contributed by atoms with E-state index in [1.165, 1.54) is 25.1 Å². The van der Waals surface area contributed by atoms with Crippen molar-refractivity contribution >= 4 is 35.4 Å². The van der Waals surface area contributed by atoms with Crippen molar-refractivity contribution in [1.82, 2.24) is 0 Å². The van der Waals surface area contributed by atoms with Crippen molar-refractivity contribution in [2.24, 2.45) is 0 Å². The number of nitrogens with one attached hydrogen (secondary N) is 1. The first-order chi connectivity index (χ1) is 7.65. The summed E-state index contributed by atoms with van der Waals surface area (Å²) >= 11 is 0. The second kappa shape index (κ2) is 4.83. The third kappa shape index (κ3) is 3.86. The van der Waals surface area contributed by atoms with Crippen molar-refractivity contribution in [3.63, 3.8) is 0 Å². The zero-order chi connectivity index (χ0) is 13.3. The Kier molecular flexibility index (Phi) is 4.06. The van der Waals surface area contributed by atoms with E-state index < -0.39 is 19.1 Å². The summed E-state index contributed by atoms with van der Waals surface area (Å²) < 4.78 is 47.2. The van der Waals surface area contributed by atoms with Crippen LogP contribution in [0.5, 0.6) is 0 Å². The monoisotopic (exact) mass is 297 g/mol. The van der Waals surface area contributed by atoms with E-state index in [0.29, 0.717) is 11.3 Å². The van der Waals surface area contributed by atoms with Gasteiger partial charge in [0.1, 0.15) is 0 Å². The van der Waals surface area contributed by atoms with Crippen LogP contribution in [0.1, 0.15) is 12.5 Å². The highest BCUT2D eigenvalue weighted by atomic mass is 35.7. The van der Waals surface area contributed by atoms with E-state index in [-0.39, 0.29) is 10.6 Å². The molecule has 17 heavy (non-hydrogen) atoms. The first kappa shape index (κ1) is 14.3. The Hall–Kier alpha value is -0.790. The molecule has 0 heterocycles. The van der Waals surface area contributed by atoms with Gasteiger partial charge in [-0.1, -0.05) is 0 Å². The Bertz CT molecular complexity index is 622. The van der Waals surface area contributed by atoms with Crippen molar-refractivity contribution in [2.45, 2.75) is 18.7 Å². The summed E-state index contributed by atoms with van der Waals surface area (Å²) in [6.45, 7) is 3.11. The molecule has 0 unspecified atom stereocenters. The lowest BCUT2D eigenvalue weighted by molar-refractivity contribution is 0.602. The Morgan fingerprint density at radius 1 is 1.24 bits per heavy atom. The largest absolute Gasteiger partial charge is 0.283 e. The highest BCUT2D eigenvalue weighted by Gasteiger charge is 2.13. The van der Waals surface area contributed by atoms with Gasteiger partial charge in [0.05, 0.1) is 16.3 Å². The molecule has 96 valence electrons. The lowest BCUT2D eigenvalue weighted by atomic mass is 10.2. The third-order valence-corrected chi connectivity index (χ3v) is 4.77. The molecule has 0 aromatic heterocycles. The summed E-state index contributed by atoms with van der Waals surface area (Å²) in [5.74, 6) is -0.0536. The fourth-order valence-corrected chi connectivity index (χ4v) is 2.69. The standard InChI is InChI=1S/C9H12ClNO4S2/c1-3-16(12,13)11-9-5-4-8(6-7(9)2)17(10,14)15/h4-6,11H,3H2,1-2H3. The molecular formula is C9H12ClNO4S2. The maximum Gasteiger partial charge on any atom is 0.261 e. The normalized spacial score (nSPS) is 12.4. The maximum absolute atomic E-state index is 11.3. The molecule has 0 bridgehead atoms. The molecule has 5 nitrogen and oxygen atoms in total. The second-order valence-corrected chi connectivity index (χ2v) is 8.00. The number of rotatable bonds is 4. The van der Waals surface area contributed by atoms with E-state index in [9.17, 15) is 16.8 Å². The van der Waals surface area contributed by atoms with Crippen LogP contribution in [0.15, 0.2) is 23.1 Å². The maximum atomic E-state index is 11.3. The van der Waals surface area contributed by atoms with Gasteiger partial charge in [0.15, 0.2) is 0 Å². The molecule has 1 N–H and O–H groups in total. The molecule has 1 aromatic rings. The number of hydrogen-bond donors (Lipinski definition) is 1. The number of benzene rings is 1. The zero-order valence-corrected chi connectivity index (χ0v) is 11.7. The molecule has 0 spiro atoms. The van der Waals surface area contributed by atoms with E-state index in [1.54, 1.807) is 6.92 Å². The van der Waals surface area contributed by atoms with Crippen LogP contribution in [0.4, 0.5) is 5.69 Å². The van der Waals surface area contributed by atoms with Crippen molar-refractivity contribution in [3.8, 4) is 0 Å². The molecule has 1 aromatic carbocycles. The zero-order valence-electron chi connectivity index (χ0n) is 9.27. The number of aryl methyl sites for hydroxylation is 1. The lowest BCUT2D eigenvalue weighted by Crippen LogP contribution is -2.15. The van der Waals surface area contributed by atoms with Crippen LogP contribution < -0.4 is 4.72 Å². The van der Waals surface area contributed by atoms with E-state index in [1.807, 2.05) is 0 Å². The van der Waals surface area contributed by atoms with Gasteiger partial charge in [-0.15, -0.1) is 0 Å². The Morgan fingerprint density at radius 3 is 2.24 bits per heavy atom. The molecule has 0 aliphatic carbocycles. The lowest BCUT2D eigenvalue weighted by Gasteiger charge is -2.09. The van der Waals surface area contributed by atoms with Gasteiger partial charge in [0, 0.05) is 10.7 Å². The van der Waals surface area contributed by atoms with Crippen LogP contribution in [0.25, 0.3) is 0 Å². The molecule has 8 heteroatoms. The molecule has 0 fully saturated rings. The van der Waals surface area contributed by atoms with E-state index in [0.717, 1.165) is 0 Å². The summed E-state index contributed by atoms with van der Waals surface area (Å²) in [4.78, 5) is -0.0592. The Balaban J connectivity index is 3.16. The van der Waals surface area contributed by atoms with Crippen LogP contribution in [-0.4, -0.2) is 22.6 Å². The quantitative estimate of drug-likeness (QED) is 0.858. The van der Waals surface area contributed by atoms with Gasteiger partial charge in [0.2, 0.25) is 10.0 Å². The van der Waals surface area contributed by atoms with E-state index in [2.05, 4.69) is 4.72 Å². The van der Waals surface area contributed by atoms with Gasteiger partial charge in [-0.3, -0.25) is 4.72 Å². The van der Waals surface area contributed by atoms with Gasteiger partial charge in [-0.25, -0.2) is 16.8 Å². The van der Waals surface area contributed by atoms with Gasteiger partial charge < -0.3 is 0 Å². The fraction of sp³-hybridized carbons (Fsp3) is 0.333. The number of anilines is 1. The summed E-state index contributed by atoms with van der Waals surface area (Å²) in [5.41, 5.74) is 0.833. The topological polar surface area (TPSA) is 80.3 Å². The molecule has 1 rings (SSSR count). The summed E-state index contributed by atoms with van der Waals surface area (Å²) in [7, 11) is -2.00. The molecule has 0 radical (unpaired) electrons. The predicted molar refractivity (Wildman–Crippen MR) is 67.3 cm³/mol. The van der Waals surface area contributed by atoms with Gasteiger partial charge in [-0.05, 0) is 37.6 Å². The molecule has 0 aliphatic heterocycles. The highest BCUT2D eigenvalue weighted by molar-refractivity contribution is 8.13. The highest BCUT2D eigenvalue weighted by Crippen LogP contribution is 2.22. The first-order valence-electron chi connectivity index (χ1n) is 4.71. The Labute approximate surface area is 105 Å². The minimum absolute atomic E-state index is 0.0536. The third-order valence-electron chi connectivity index (χ3n) is 2.12. The average molecular weight is 298 g/mol. The van der Waals surface area contributed by atoms with Crippen molar-refractivity contribution in [2.75, 3.05) is 10.5 Å². The minimum atomic E-state index is -3.80. The van der Waals surface area contributed by atoms with Gasteiger partial charge in [-0.2, -0.15) is 0 Å². The number of sulfonamides is 1. The van der Waals surface area contributed by atoms with Crippen LogP contribution in [0, 0.1) is 6.92 Å². The van der Waals surface area contributed by atoms with Crippen molar-refractivity contribution in [3.05, 3.63) is 23.8 Å².